The highest BCUT2D eigenvalue weighted by molar-refractivity contribution is 5.85. The van der Waals surface area contributed by atoms with Gasteiger partial charge in [-0.1, -0.05) is 12.5 Å². The maximum Gasteiger partial charge on any atom is 0.161 e. The van der Waals surface area contributed by atoms with Gasteiger partial charge >= 0.3 is 0 Å². The zero-order valence-corrected chi connectivity index (χ0v) is 10.6. The quantitative estimate of drug-likeness (QED) is 0.837. The summed E-state index contributed by atoms with van der Waals surface area (Å²) in [6.07, 6.45) is 3.83. The fourth-order valence-electron chi connectivity index (χ4n) is 2.41. The van der Waals surface area contributed by atoms with Gasteiger partial charge in [0.1, 0.15) is 13.2 Å². The van der Waals surface area contributed by atoms with Crippen molar-refractivity contribution >= 4 is 12.4 Å². The smallest absolute Gasteiger partial charge is 0.161 e. The fourth-order valence-corrected chi connectivity index (χ4v) is 2.41. The first-order valence-corrected chi connectivity index (χ1v) is 6.06. The van der Waals surface area contributed by atoms with E-state index in [-0.39, 0.29) is 12.4 Å². The van der Waals surface area contributed by atoms with E-state index in [0.29, 0.717) is 19.3 Å². The average molecular weight is 256 g/mol. The Labute approximate surface area is 108 Å². The number of ether oxygens (including phenoxy) is 2. The van der Waals surface area contributed by atoms with Crippen LogP contribution in [-0.4, -0.2) is 19.8 Å². The molecule has 1 aromatic rings. The SMILES string of the molecule is Cl.c1cc2c(cc1[C@@H]1CCCCN1)OCCO2. The molecule has 2 aliphatic heterocycles. The molecule has 0 radical (unpaired) electrons. The summed E-state index contributed by atoms with van der Waals surface area (Å²) in [7, 11) is 0. The minimum atomic E-state index is 0. The Bertz CT molecular complexity index is 378. The van der Waals surface area contributed by atoms with Gasteiger partial charge in [0.15, 0.2) is 11.5 Å². The second-order valence-corrected chi connectivity index (χ2v) is 4.41. The van der Waals surface area contributed by atoms with Crippen LogP contribution in [0.4, 0.5) is 0 Å². The second-order valence-electron chi connectivity index (χ2n) is 4.41. The van der Waals surface area contributed by atoms with Gasteiger partial charge in [-0.15, -0.1) is 12.4 Å². The Morgan fingerprint density at radius 2 is 1.88 bits per heavy atom. The third-order valence-electron chi connectivity index (χ3n) is 3.28. The van der Waals surface area contributed by atoms with E-state index in [1.165, 1.54) is 24.8 Å². The van der Waals surface area contributed by atoms with Crippen LogP contribution in [0.3, 0.4) is 0 Å². The molecule has 0 saturated carbocycles. The van der Waals surface area contributed by atoms with Crippen LogP contribution in [0.15, 0.2) is 18.2 Å². The van der Waals surface area contributed by atoms with Gasteiger partial charge < -0.3 is 14.8 Å². The molecule has 0 aromatic heterocycles. The third kappa shape index (κ3) is 2.67. The molecule has 1 fully saturated rings. The molecule has 0 unspecified atom stereocenters. The molecule has 0 amide bonds. The van der Waals surface area contributed by atoms with E-state index >= 15 is 0 Å². The van der Waals surface area contributed by atoms with Crippen LogP contribution in [-0.2, 0) is 0 Å². The molecule has 1 N–H and O–H groups in total. The van der Waals surface area contributed by atoms with Gasteiger partial charge in [0.05, 0.1) is 0 Å². The summed E-state index contributed by atoms with van der Waals surface area (Å²) in [6.45, 7) is 2.45. The minimum absolute atomic E-state index is 0. The van der Waals surface area contributed by atoms with E-state index in [1.807, 2.05) is 6.07 Å². The molecule has 1 saturated heterocycles. The first kappa shape index (κ1) is 12.5. The molecule has 0 aliphatic carbocycles. The number of nitrogens with one attached hydrogen (secondary N) is 1. The number of hydrogen-bond donors (Lipinski definition) is 1. The van der Waals surface area contributed by atoms with Gasteiger partial charge in [0, 0.05) is 6.04 Å². The normalized spacial score (nSPS) is 22.7. The van der Waals surface area contributed by atoms with E-state index < -0.39 is 0 Å². The number of piperidine rings is 1. The largest absolute Gasteiger partial charge is 0.486 e. The maximum atomic E-state index is 5.60. The zero-order valence-electron chi connectivity index (χ0n) is 9.78. The number of hydrogen-bond acceptors (Lipinski definition) is 3. The summed E-state index contributed by atoms with van der Waals surface area (Å²) < 4.78 is 11.1. The molecular weight excluding hydrogens is 238 g/mol. The van der Waals surface area contributed by atoms with E-state index in [9.17, 15) is 0 Å². The third-order valence-corrected chi connectivity index (χ3v) is 3.28. The molecule has 0 spiro atoms. The Morgan fingerprint density at radius 1 is 1.06 bits per heavy atom. The Morgan fingerprint density at radius 3 is 2.65 bits per heavy atom. The number of rotatable bonds is 1. The first-order chi connectivity index (χ1) is 7.93. The lowest BCUT2D eigenvalue weighted by molar-refractivity contribution is 0.171. The van der Waals surface area contributed by atoms with Crippen molar-refractivity contribution in [3.63, 3.8) is 0 Å². The Balaban J connectivity index is 0.00000108. The highest BCUT2D eigenvalue weighted by atomic mass is 35.5. The van der Waals surface area contributed by atoms with Crippen molar-refractivity contribution in [1.29, 1.82) is 0 Å². The predicted molar refractivity (Wildman–Crippen MR) is 69.3 cm³/mol. The molecule has 2 aliphatic rings. The number of fused-ring (bicyclic) bond motifs is 1. The Hall–Kier alpha value is -0.930. The van der Waals surface area contributed by atoms with Gasteiger partial charge in [0.2, 0.25) is 0 Å². The van der Waals surface area contributed by atoms with Crippen LogP contribution >= 0.6 is 12.4 Å². The summed E-state index contributed by atoms with van der Waals surface area (Å²) in [4.78, 5) is 0. The molecule has 94 valence electrons. The molecular formula is C13H18ClNO2. The van der Waals surface area contributed by atoms with Crippen molar-refractivity contribution in [1.82, 2.24) is 5.32 Å². The van der Waals surface area contributed by atoms with Crippen molar-refractivity contribution in [2.75, 3.05) is 19.8 Å². The molecule has 1 atom stereocenters. The molecule has 3 nitrogen and oxygen atoms in total. The highest BCUT2D eigenvalue weighted by Gasteiger charge is 2.18. The van der Waals surface area contributed by atoms with Crippen molar-refractivity contribution < 1.29 is 9.47 Å². The topological polar surface area (TPSA) is 30.5 Å². The van der Waals surface area contributed by atoms with E-state index in [2.05, 4.69) is 17.4 Å². The van der Waals surface area contributed by atoms with Gasteiger partial charge in [0.25, 0.3) is 0 Å². The minimum Gasteiger partial charge on any atom is -0.486 e. The van der Waals surface area contributed by atoms with Crippen molar-refractivity contribution in [2.45, 2.75) is 25.3 Å². The van der Waals surface area contributed by atoms with Crippen LogP contribution in [0.1, 0.15) is 30.9 Å². The van der Waals surface area contributed by atoms with Gasteiger partial charge in [-0.25, -0.2) is 0 Å². The maximum absolute atomic E-state index is 5.60. The molecule has 3 rings (SSSR count). The van der Waals surface area contributed by atoms with Crippen LogP contribution in [0, 0.1) is 0 Å². The van der Waals surface area contributed by atoms with Gasteiger partial charge in [-0.05, 0) is 37.1 Å². The highest BCUT2D eigenvalue weighted by Crippen LogP contribution is 2.34. The van der Waals surface area contributed by atoms with Crippen molar-refractivity contribution in [2.24, 2.45) is 0 Å². The zero-order chi connectivity index (χ0) is 10.8. The van der Waals surface area contributed by atoms with Crippen molar-refractivity contribution in [3.8, 4) is 11.5 Å². The molecule has 17 heavy (non-hydrogen) atoms. The van der Waals surface area contributed by atoms with Crippen LogP contribution in [0.2, 0.25) is 0 Å². The summed E-state index contributed by atoms with van der Waals surface area (Å²) in [5, 5.41) is 3.55. The molecule has 0 bridgehead atoms. The van der Waals surface area contributed by atoms with E-state index in [0.717, 1.165) is 18.0 Å². The summed E-state index contributed by atoms with van der Waals surface area (Å²) >= 11 is 0. The summed E-state index contributed by atoms with van der Waals surface area (Å²) in [5.74, 6) is 1.78. The standard InChI is InChI=1S/C13H17NO2.ClH/c1-2-6-14-11(3-1)10-4-5-12-13(9-10)16-8-7-15-12;/h4-5,9,11,14H,1-3,6-8H2;1H/t11-;/m0./s1. The molecule has 1 aromatic carbocycles. The van der Waals surface area contributed by atoms with Gasteiger partial charge in [-0.2, -0.15) is 0 Å². The average Bonchev–Trinajstić information content (AvgIpc) is 2.39. The lowest BCUT2D eigenvalue weighted by atomic mass is 9.97. The monoisotopic (exact) mass is 255 g/mol. The van der Waals surface area contributed by atoms with E-state index in [4.69, 9.17) is 9.47 Å². The summed E-state index contributed by atoms with van der Waals surface area (Å²) in [5.41, 5.74) is 1.32. The Kier molecular flexibility index (Phi) is 4.13. The molecule has 4 heteroatoms. The first-order valence-electron chi connectivity index (χ1n) is 6.06. The predicted octanol–water partition coefficient (Wildman–Crippen LogP) is 2.69. The van der Waals surface area contributed by atoms with Crippen LogP contribution in [0.5, 0.6) is 11.5 Å². The van der Waals surface area contributed by atoms with Crippen LogP contribution in [0.25, 0.3) is 0 Å². The number of benzene rings is 1. The summed E-state index contributed by atoms with van der Waals surface area (Å²) in [6, 6.07) is 6.79. The van der Waals surface area contributed by atoms with E-state index in [1.54, 1.807) is 0 Å². The van der Waals surface area contributed by atoms with Crippen LogP contribution < -0.4 is 14.8 Å². The second kappa shape index (κ2) is 5.61. The lowest BCUT2D eigenvalue weighted by Gasteiger charge is -2.25. The van der Waals surface area contributed by atoms with Gasteiger partial charge in [-0.3, -0.25) is 0 Å². The molecule has 2 heterocycles. The lowest BCUT2D eigenvalue weighted by Crippen LogP contribution is -2.27. The number of halogens is 1. The fraction of sp³-hybridized carbons (Fsp3) is 0.538. The van der Waals surface area contributed by atoms with Crippen molar-refractivity contribution in [3.05, 3.63) is 23.8 Å².